The molecule has 1 aliphatic rings. The van der Waals surface area contributed by atoms with Crippen LogP contribution in [0.3, 0.4) is 0 Å². The van der Waals surface area contributed by atoms with E-state index in [0.29, 0.717) is 18.4 Å². The lowest BCUT2D eigenvalue weighted by atomic mass is 9.90. The molecule has 1 aromatic carbocycles. The van der Waals surface area contributed by atoms with Gasteiger partial charge in [-0.2, -0.15) is 0 Å². The summed E-state index contributed by atoms with van der Waals surface area (Å²) in [6.07, 6.45) is 4.87. The van der Waals surface area contributed by atoms with Crippen LogP contribution in [0.1, 0.15) is 63.6 Å². The Kier molecular flexibility index (Phi) is 5.80. The highest BCUT2D eigenvalue weighted by Crippen LogP contribution is 2.30. The maximum atomic E-state index is 11.6. The number of fused-ring (bicyclic) bond motifs is 1. The summed E-state index contributed by atoms with van der Waals surface area (Å²) in [5.41, 5.74) is 3.64. The maximum Gasteiger partial charge on any atom is 0.224 e. The number of nitrogens with one attached hydrogen (secondary N) is 2. The van der Waals surface area contributed by atoms with Gasteiger partial charge in [-0.25, -0.2) is 0 Å². The summed E-state index contributed by atoms with van der Waals surface area (Å²) in [6, 6.07) is 6.94. The van der Waals surface area contributed by atoms with Gasteiger partial charge in [-0.05, 0) is 48.9 Å². The lowest BCUT2D eigenvalue weighted by Gasteiger charge is -2.26. The molecule has 2 atom stereocenters. The maximum absolute atomic E-state index is 11.6. The normalized spacial score (nSPS) is 17.6. The van der Waals surface area contributed by atoms with Crippen LogP contribution in [0.4, 0.5) is 5.69 Å². The molecule has 21 heavy (non-hydrogen) atoms. The lowest BCUT2D eigenvalue weighted by molar-refractivity contribution is -0.116. The quantitative estimate of drug-likeness (QED) is 0.829. The molecular weight excluding hydrogens is 260 g/mol. The standard InChI is InChI=1S/C18H28N2O/c1-4-11-19-18(13(3)5-2)15-9-10-16-14(12-15)7-6-8-17(21)20-16/h9-10,12-13,18-19H,4-8,11H2,1-3H3,(H,20,21). The lowest BCUT2D eigenvalue weighted by Crippen LogP contribution is -2.27. The number of carbonyl (C=O) groups excluding carboxylic acids is 1. The van der Waals surface area contributed by atoms with E-state index in [-0.39, 0.29) is 5.91 Å². The van der Waals surface area contributed by atoms with Crippen LogP contribution in [0.15, 0.2) is 18.2 Å². The number of hydrogen-bond acceptors (Lipinski definition) is 2. The largest absolute Gasteiger partial charge is 0.326 e. The zero-order chi connectivity index (χ0) is 15.2. The molecule has 2 rings (SSSR count). The Morgan fingerprint density at radius 1 is 1.29 bits per heavy atom. The number of anilines is 1. The van der Waals surface area contributed by atoms with E-state index in [1.807, 2.05) is 0 Å². The van der Waals surface area contributed by atoms with Crippen molar-refractivity contribution in [2.45, 2.75) is 58.9 Å². The van der Waals surface area contributed by atoms with E-state index in [2.05, 4.69) is 49.6 Å². The molecule has 3 heteroatoms. The van der Waals surface area contributed by atoms with Crippen molar-refractivity contribution in [3.63, 3.8) is 0 Å². The van der Waals surface area contributed by atoms with Crippen LogP contribution < -0.4 is 10.6 Å². The number of hydrogen-bond donors (Lipinski definition) is 2. The average molecular weight is 288 g/mol. The summed E-state index contributed by atoms with van der Waals surface area (Å²) in [6.45, 7) is 7.80. The summed E-state index contributed by atoms with van der Waals surface area (Å²) in [5, 5.41) is 6.70. The van der Waals surface area contributed by atoms with Crippen molar-refractivity contribution in [3.05, 3.63) is 29.3 Å². The summed E-state index contributed by atoms with van der Waals surface area (Å²) in [4.78, 5) is 11.6. The molecule has 3 nitrogen and oxygen atoms in total. The molecule has 0 aliphatic carbocycles. The topological polar surface area (TPSA) is 41.1 Å². The Bertz CT molecular complexity index is 484. The van der Waals surface area contributed by atoms with Crippen molar-refractivity contribution >= 4 is 11.6 Å². The SMILES string of the molecule is CCCNC(c1ccc2c(c1)CCCC(=O)N2)C(C)CC. The van der Waals surface area contributed by atoms with Crippen molar-refractivity contribution in [1.29, 1.82) is 0 Å². The van der Waals surface area contributed by atoms with Crippen LogP contribution >= 0.6 is 0 Å². The Morgan fingerprint density at radius 3 is 2.81 bits per heavy atom. The third kappa shape index (κ3) is 4.07. The minimum atomic E-state index is 0.143. The van der Waals surface area contributed by atoms with Crippen molar-refractivity contribution in [3.8, 4) is 0 Å². The first-order chi connectivity index (χ1) is 10.2. The van der Waals surface area contributed by atoms with E-state index >= 15 is 0 Å². The fraction of sp³-hybridized carbons (Fsp3) is 0.611. The zero-order valence-electron chi connectivity index (χ0n) is 13.5. The third-order valence-corrected chi connectivity index (χ3v) is 4.44. The van der Waals surface area contributed by atoms with Crippen LogP contribution in [0, 0.1) is 5.92 Å². The average Bonchev–Trinajstić information content (AvgIpc) is 2.67. The van der Waals surface area contributed by atoms with Gasteiger partial charge >= 0.3 is 0 Å². The molecule has 1 aliphatic heterocycles. The summed E-state index contributed by atoms with van der Waals surface area (Å²) in [5.74, 6) is 0.749. The molecule has 1 heterocycles. The van der Waals surface area contributed by atoms with Crippen LogP contribution in [0.25, 0.3) is 0 Å². The molecule has 0 bridgehead atoms. The van der Waals surface area contributed by atoms with Crippen LogP contribution in [-0.4, -0.2) is 12.5 Å². The van der Waals surface area contributed by atoms with E-state index in [4.69, 9.17) is 0 Å². The summed E-state index contributed by atoms with van der Waals surface area (Å²) < 4.78 is 0. The van der Waals surface area contributed by atoms with Crippen molar-refractivity contribution in [2.75, 3.05) is 11.9 Å². The number of benzene rings is 1. The second-order valence-electron chi connectivity index (χ2n) is 6.14. The molecular formula is C18H28N2O. The molecule has 2 unspecified atom stereocenters. The first kappa shape index (κ1) is 16.0. The fourth-order valence-electron chi connectivity index (χ4n) is 2.97. The highest BCUT2D eigenvalue weighted by atomic mass is 16.1. The van der Waals surface area contributed by atoms with Gasteiger partial charge in [-0.15, -0.1) is 0 Å². The molecule has 0 saturated carbocycles. The minimum absolute atomic E-state index is 0.143. The molecule has 0 saturated heterocycles. The van der Waals surface area contributed by atoms with Gasteiger partial charge in [0.2, 0.25) is 5.91 Å². The van der Waals surface area contributed by atoms with Crippen LogP contribution in [0.5, 0.6) is 0 Å². The molecule has 2 N–H and O–H groups in total. The van der Waals surface area contributed by atoms with Crippen molar-refractivity contribution in [1.82, 2.24) is 5.32 Å². The van der Waals surface area contributed by atoms with E-state index in [0.717, 1.165) is 37.9 Å². The Hall–Kier alpha value is -1.35. The molecule has 0 aromatic heterocycles. The third-order valence-electron chi connectivity index (χ3n) is 4.44. The van der Waals surface area contributed by atoms with E-state index in [1.54, 1.807) is 0 Å². The van der Waals surface area contributed by atoms with Crippen LogP contribution in [0.2, 0.25) is 0 Å². The molecule has 1 amide bonds. The van der Waals surface area contributed by atoms with Gasteiger partial charge in [0.15, 0.2) is 0 Å². The number of amides is 1. The van der Waals surface area contributed by atoms with E-state index in [9.17, 15) is 4.79 Å². The molecule has 0 fully saturated rings. The highest BCUT2D eigenvalue weighted by Gasteiger charge is 2.20. The molecule has 0 radical (unpaired) electrons. The minimum Gasteiger partial charge on any atom is -0.326 e. The predicted molar refractivity (Wildman–Crippen MR) is 88.5 cm³/mol. The molecule has 116 valence electrons. The van der Waals surface area contributed by atoms with Gasteiger partial charge in [0.25, 0.3) is 0 Å². The zero-order valence-corrected chi connectivity index (χ0v) is 13.5. The van der Waals surface area contributed by atoms with Gasteiger partial charge in [-0.3, -0.25) is 4.79 Å². The Labute approximate surface area is 128 Å². The Balaban J connectivity index is 2.25. The summed E-state index contributed by atoms with van der Waals surface area (Å²) >= 11 is 0. The smallest absolute Gasteiger partial charge is 0.224 e. The van der Waals surface area contributed by atoms with Crippen molar-refractivity contribution < 1.29 is 4.79 Å². The number of aryl methyl sites for hydroxylation is 1. The van der Waals surface area contributed by atoms with E-state index < -0.39 is 0 Å². The molecule has 1 aromatic rings. The van der Waals surface area contributed by atoms with Gasteiger partial charge in [0.05, 0.1) is 0 Å². The van der Waals surface area contributed by atoms with Gasteiger partial charge in [0, 0.05) is 18.2 Å². The van der Waals surface area contributed by atoms with E-state index in [1.165, 1.54) is 11.1 Å². The predicted octanol–water partition coefficient (Wildman–Crippen LogP) is 4.05. The number of rotatable bonds is 6. The Morgan fingerprint density at radius 2 is 2.10 bits per heavy atom. The highest BCUT2D eigenvalue weighted by molar-refractivity contribution is 5.92. The number of carbonyl (C=O) groups is 1. The first-order valence-corrected chi connectivity index (χ1v) is 8.31. The summed E-state index contributed by atoms with van der Waals surface area (Å²) in [7, 11) is 0. The fourth-order valence-corrected chi connectivity index (χ4v) is 2.97. The molecule has 0 spiro atoms. The first-order valence-electron chi connectivity index (χ1n) is 8.31. The second kappa shape index (κ2) is 7.60. The second-order valence-corrected chi connectivity index (χ2v) is 6.14. The van der Waals surface area contributed by atoms with Crippen LogP contribution in [-0.2, 0) is 11.2 Å². The monoisotopic (exact) mass is 288 g/mol. The van der Waals surface area contributed by atoms with Gasteiger partial charge in [-0.1, -0.05) is 39.3 Å². The van der Waals surface area contributed by atoms with Gasteiger partial charge in [0.1, 0.15) is 0 Å². The van der Waals surface area contributed by atoms with Gasteiger partial charge < -0.3 is 10.6 Å². The van der Waals surface area contributed by atoms with Crippen molar-refractivity contribution in [2.24, 2.45) is 5.92 Å².